The Morgan fingerprint density at radius 1 is 1.22 bits per heavy atom. The first kappa shape index (κ1) is 13.3. The van der Waals surface area contributed by atoms with Gasteiger partial charge >= 0.3 is 0 Å². The van der Waals surface area contributed by atoms with Gasteiger partial charge in [0, 0.05) is 18.0 Å². The highest BCUT2D eigenvalue weighted by Crippen LogP contribution is 2.15. The van der Waals surface area contributed by atoms with E-state index in [2.05, 4.69) is 24.0 Å². The number of aryl methyl sites for hydroxylation is 1. The van der Waals surface area contributed by atoms with Crippen molar-refractivity contribution in [1.29, 1.82) is 0 Å². The minimum atomic E-state index is 0.107. The van der Waals surface area contributed by atoms with Gasteiger partial charge in [-0.3, -0.25) is 4.79 Å². The second-order valence-corrected chi connectivity index (χ2v) is 5.32. The molecule has 1 saturated heterocycles. The highest BCUT2D eigenvalue weighted by atomic mass is 16.1. The molecule has 1 aromatic rings. The fourth-order valence-electron chi connectivity index (χ4n) is 2.62. The van der Waals surface area contributed by atoms with Crippen molar-refractivity contribution >= 4 is 5.78 Å². The van der Waals surface area contributed by atoms with Crippen molar-refractivity contribution < 1.29 is 4.79 Å². The number of rotatable bonds is 5. The van der Waals surface area contributed by atoms with Gasteiger partial charge in [-0.2, -0.15) is 0 Å². The normalized spacial score (nSPS) is 17.9. The number of ketones is 1. The van der Waals surface area contributed by atoms with Crippen LogP contribution in [0.3, 0.4) is 0 Å². The lowest BCUT2D eigenvalue weighted by Gasteiger charge is -2.19. The van der Waals surface area contributed by atoms with E-state index in [1.807, 2.05) is 19.1 Å². The highest BCUT2D eigenvalue weighted by Gasteiger charge is 2.20. The molecule has 1 aromatic carbocycles. The van der Waals surface area contributed by atoms with E-state index in [-0.39, 0.29) is 11.7 Å². The van der Waals surface area contributed by atoms with Crippen molar-refractivity contribution in [1.82, 2.24) is 4.90 Å². The first-order valence-electron chi connectivity index (χ1n) is 7.06. The Morgan fingerprint density at radius 3 is 2.39 bits per heavy atom. The van der Waals surface area contributed by atoms with Crippen LogP contribution in [0, 0.1) is 5.92 Å². The van der Waals surface area contributed by atoms with Crippen LogP contribution in [0.2, 0.25) is 0 Å². The third kappa shape index (κ3) is 3.20. The van der Waals surface area contributed by atoms with E-state index in [0.717, 1.165) is 31.6 Å². The quantitative estimate of drug-likeness (QED) is 0.743. The van der Waals surface area contributed by atoms with Crippen LogP contribution < -0.4 is 0 Å². The summed E-state index contributed by atoms with van der Waals surface area (Å²) in [5.74, 6) is 0.389. The van der Waals surface area contributed by atoms with Crippen LogP contribution in [0.5, 0.6) is 0 Å². The molecule has 0 saturated carbocycles. The fourth-order valence-corrected chi connectivity index (χ4v) is 2.62. The van der Waals surface area contributed by atoms with E-state index in [0.29, 0.717) is 0 Å². The van der Waals surface area contributed by atoms with E-state index < -0.39 is 0 Å². The molecule has 2 rings (SSSR count). The molecule has 0 bridgehead atoms. The van der Waals surface area contributed by atoms with Crippen LogP contribution in [0.1, 0.15) is 42.6 Å². The minimum Gasteiger partial charge on any atom is -0.303 e. The van der Waals surface area contributed by atoms with Gasteiger partial charge in [-0.1, -0.05) is 38.1 Å². The average molecular weight is 245 g/mol. The molecule has 2 nitrogen and oxygen atoms in total. The van der Waals surface area contributed by atoms with Gasteiger partial charge in [0.05, 0.1) is 0 Å². The van der Waals surface area contributed by atoms with Crippen molar-refractivity contribution in [2.75, 3.05) is 19.6 Å². The Hall–Kier alpha value is -1.15. The number of Topliss-reactive ketones (excluding diaryl/α,β-unsaturated/α-hetero) is 1. The van der Waals surface area contributed by atoms with Gasteiger partial charge in [-0.25, -0.2) is 0 Å². The van der Waals surface area contributed by atoms with Gasteiger partial charge in [-0.05, 0) is 37.9 Å². The lowest BCUT2D eigenvalue weighted by molar-refractivity contribution is 0.0903. The zero-order valence-electron chi connectivity index (χ0n) is 11.5. The molecule has 0 spiro atoms. The fraction of sp³-hybridized carbons (Fsp3) is 0.562. The van der Waals surface area contributed by atoms with E-state index in [1.165, 1.54) is 18.4 Å². The van der Waals surface area contributed by atoms with E-state index >= 15 is 0 Å². The summed E-state index contributed by atoms with van der Waals surface area (Å²) in [6.07, 6.45) is 3.59. The molecule has 0 aromatic heterocycles. The third-order valence-corrected chi connectivity index (χ3v) is 3.83. The Labute approximate surface area is 110 Å². The number of carbonyl (C=O) groups is 1. The lowest BCUT2D eigenvalue weighted by atomic mass is 9.97. The van der Waals surface area contributed by atoms with Gasteiger partial charge < -0.3 is 4.90 Å². The van der Waals surface area contributed by atoms with Crippen LogP contribution in [-0.4, -0.2) is 30.3 Å². The molecule has 0 N–H and O–H groups in total. The van der Waals surface area contributed by atoms with Crippen LogP contribution in [0.25, 0.3) is 0 Å². The zero-order chi connectivity index (χ0) is 13.0. The summed E-state index contributed by atoms with van der Waals surface area (Å²) >= 11 is 0. The first-order valence-corrected chi connectivity index (χ1v) is 7.06. The molecule has 1 aliphatic heterocycles. The number of carbonyl (C=O) groups excluding carboxylic acids is 1. The third-order valence-electron chi connectivity index (χ3n) is 3.83. The topological polar surface area (TPSA) is 20.3 Å². The minimum absolute atomic E-state index is 0.107. The molecule has 1 aliphatic rings. The van der Waals surface area contributed by atoms with Crippen LogP contribution >= 0.6 is 0 Å². The second kappa shape index (κ2) is 6.14. The van der Waals surface area contributed by atoms with Crippen LogP contribution in [0.15, 0.2) is 24.3 Å². The number of hydrogen-bond donors (Lipinski definition) is 0. The molecule has 98 valence electrons. The van der Waals surface area contributed by atoms with E-state index in [1.54, 1.807) is 0 Å². The molecule has 1 heterocycles. The SMILES string of the molecule is CCc1ccc(C(=O)[C@H](C)CN2CCCC2)cc1. The number of hydrogen-bond acceptors (Lipinski definition) is 2. The van der Waals surface area contributed by atoms with Gasteiger partial charge in [0.1, 0.15) is 0 Å². The van der Waals surface area contributed by atoms with Crippen molar-refractivity contribution in [2.24, 2.45) is 5.92 Å². The predicted molar refractivity (Wildman–Crippen MR) is 75.0 cm³/mol. The molecule has 1 atom stereocenters. The van der Waals surface area contributed by atoms with Crippen LogP contribution in [0.4, 0.5) is 0 Å². The average Bonchev–Trinajstić information content (AvgIpc) is 2.91. The number of likely N-dealkylation sites (tertiary alicyclic amines) is 1. The van der Waals surface area contributed by atoms with Crippen molar-refractivity contribution in [3.63, 3.8) is 0 Å². The highest BCUT2D eigenvalue weighted by molar-refractivity contribution is 5.97. The van der Waals surface area contributed by atoms with Crippen molar-refractivity contribution in [2.45, 2.75) is 33.1 Å². The second-order valence-electron chi connectivity index (χ2n) is 5.32. The Kier molecular flexibility index (Phi) is 4.54. The number of nitrogens with zero attached hydrogens (tertiary/aromatic N) is 1. The smallest absolute Gasteiger partial charge is 0.166 e. The van der Waals surface area contributed by atoms with Gasteiger partial charge in [0.2, 0.25) is 0 Å². The van der Waals surface area contributed by atoms with Gasteiger partial charge in [0.15, 0.2) is 5.78 Å². The maximum absolute atomic E-state index is 12.3. The standard InChI is InChI=1S/C16H23NO/c1-3-14-6-8-15(9-7-14)16(18)13(2)12-17-10-4-5-11-17/h6-9,13H,3-5,10-12H2,1-2H3/t13-/m1/s1. The predicted octanol–water partition coefficient (Wildman–Crippen LogP) is 3.16. The van der Waals surface area contributed by atoms with Crippen molar-refractivity contribution in [3.8, 4) is 0 Å². The van der Waals surface area contributed by atoms with E-state index in [9.17, 15) is 4.79 Å². The summed E-state index contributed by atoms with van der Waals surface area (Å²) in [5, 5.41) is 0. The zero-order valence-corrected chi connectivity index (χ0v) is 11.5. The summed E-state index contributed by atoms with van der Waals surface area (Å²) < 4.78 is 0. The maximum atomic E-state index is 12.3. The Balaban J connectivity index is 1.95. The molecular formula is C16H23NO. The van der Waals surface area contributed by atoms with Crippen LogP contribution in [-0.2, 0) is 6.42 Å². The van der Waals surface area contributed by atoms with E-state index in [4.69, 9.17) is 0 Å². The summed E-state index contributed by atoms with van der Waals surface area (Å²) in [5.41, 5.74) is 2.15. The summed E-state index contributed by atoms with van der Waals surface area (Å²) in [6.45, 7) is 7.41. The molecule has 0 unspecified atom stereocenters. The molecule has 0 radical (unpaired) electrons. The molecule has 1 fully saturated rings. The molecule has 18 heavy (non-hydrogen) atoms. The summed E-state index contributed by atoms with van der Waals surface area (Å²) in [6, 6.07) is 8.08. The summed E-state index contributed by atoms with van der Waals surface area (Å²) in [7, 11) is 0. The summed E-state index contributed by atoms with van der Waals surface area (Å²) in [4.78, 5) is 14.7. The van der Waals surface area contributed by atoms with Gasteiger partial charge in [-0.15, -0.1) is 0 Å². The Bertz CT molecular complexity index is 390. The van der Waals surface area contributed by atoms with Gasteiger partial charge in [0.25, 0.3) is 0 Å². The maximum Gasteiger partial charge on any atom is 0.166 e. The lowest BCUT2D eigenvalue weighted by Crippen LogP contribution is -2.29. The van der Waals surface area contributed by atoms with Crippen molar-refractivity contribution in [3.05, 3.63) is 35.4 Å². The molecule has 0 amide bonds. The monoisotopic (exact) mass is 245 g/mol. The molecule has 0 aliphatic carbocycles. The molecule has 2 heteroatoms. The Morgan fingerprint density at radius 2 is 1.83 bits per heavy atom. The largest absolute Gasteiger partial charge is 0.303 e. The first-order chi connectivity index (χ1) is 8.70. The number of benzene rings is 1. The molecular weight excluding hydrogens is 222 g/mol.